The van der Waals surface area contributed by atoms with Crippen LogP contribution in [0.3, 0.4) is 0 Å². The molecule has 106 valence electrons. The Morgan fingerprint density at radius 3 is 2.79 bits per heavy atom. The highest BCUT2D eigenvalue weighted by Crippen LogP contribution is 2.15. The van der Waals surface area contributed by atoms with Gasteiger partial charge in [-0.15, -0.1) is 0 Å². The third-order valence-electron chi connectivity index (χ3n) is 3.35. The van der Waals surface area contributed by atoms with Crippen molar-refractivity contribution in [2.75, 3.05) is 12.3 Å². The van der Waals surface area contributed by atoms with Crippen LogP contribution >= 0.6 is 0 Å². The molecule has 0 bridgehead atoms. The van der Waals surface area contributed by atoms with Gasteiger partial charge in [-0.1, -0.05) is 33.1 Å². The van der Waals surface area contributed by atoms with Crippen LogP contribution in [0, 0.1) is 11.7 Å². The van der Waals surface area contributed by atoms with Crippen molar-refractivity contribution in [2.24, 2.45) is 5.92 Å². The Bertz CT molecular complexity index is 421. The molecular weight excluding hydrogens is 243 g/mol. The molecule has 0 aliphatic carbocycles. The van der Waals surface area contributed by atoms with Gasteiger partial charge in [0.2, 0.25) is 0 Å². The average molecular weight is 266 g/mol. The average Bonchev–Trinajstić information content (AvgIpc) is 2.41. The first-order valence-corrected chi connectivity index (χ1v) is 6.91. The molecule has 1 rings (SSSR count). The Labute approximate surface area is 114 Å². The Balaban J connectivity index is 2.56. The van der Waals surface area contributed by atoms with E-state index in [9.17, 15) is 9.18 Å². The lowest BCUT2D eigenvalue weighted by molar-refractivity contribution is 0.0946. The van der Waals surface area contributed by atoms with Crippen LogP contribution in [0.1, 0.15) is 49.9 Å². The molecular formula is C15H23FN2O. The van der Waals surface area contributed by atoms with E-state index >= 15 is 0 Å². The normalized spacial score (nSPS) is 12.2. The molecule has 0 aromatic heterocycles. The summed E-state index contributed by atoms with van der Waals surface area (Å²) in [5.74, 6) is -0.275. The van der Waals surface area contributed by atoms with Gasteiger partial charge < -0.3 is 11.1 Å². The largest absolute Gasteiger partial charge is 0.398 e. The van der Waals surface area contributed by atoms with Crippen LogP contribution in [-0.2, 0) is 0 Å². The van der Waals surface area contributed by atoms with Crippen LogP contribution in [-0.4, -0.2) is 12.5 Å². The minimum atomic E-state index is -0.447. The van der Waals surface area contributed by atoms with Gasteiger partial charge in [-0.2, -0.15) is 0 Å². The molecule has 0 spiro atoms. The van der Waals surface area contributed by atoms with Gasteiger partial charge in [0.05, 0.1) is 5.56 Å². The Hall–Kier alpha value is -1.58. The zero-order valence-corrected chi connectivity index (χ0v) is 11.7. The number of benzene rings is 1. The van der Waals surface area contributed by atoms with Crippen molar-refractivity contribution >= 4 is 11.6 Å². The van der Waals surface area contributed by atoms with Crippen molar-refractivity contribution < 1.29 is 9.18 Å². The lowest BCUT2D eigenvalue weighted by atomic mass is 9.99. The van der Waals surface area contributed by atoms with Crippen LogP contribution in [0.5, 0.6) is 0 Å². The molecule has 0 aliphatic heterocycles. The standard InChI is InChI=1S/C15H23FN2O/c1-3-5-6-11(4-2)10-18-15(19)13-9-12(16)7-8-14(13)17/h7-9,11H,3-6,10,17H2,1-2H3,(H,18,19). The van der Waals surface area contributed by atoms with E-state index in [1.807, 2.05) is 0 Å². The van der Waals surface area contributed by atoms with E-state index in [-0.39, 0.29) is 11.5 Å². The number of anilines is 1. The Morgan fingerprint density at radius 1 is 1.42 bits per heavy atom. The van der Waals surface area contributed by atoms with Crippen LogP contribution < -0.4 is 11.1 Å². The second kappa shape index (κ2) is 7.77. The van der Waals surface area contributed by atoms with Gasteiger partial charge in [0.15, 0.2) is 0 Å². The molecule has 4 heteroatoms. The maximum absolute atomic E-state index is 13.1. The molecule has 19 heavy (non-hydrogen) atoms. The summed E-state index contributed by atoms with van der Waals surface area (Å²) in [5.41, 5.74) is 6.20. The zero-order valence-electron chi connectivity index (χ0n) is 11.7. The molecule has 0 saturated heterocycles. The lowest BCUT2D eigenvalue weighted by Gasteiger charge is -2.15. The summed E-state index contributed by atoms with van der Waals surface area (Å²) in [5, 5.41) is 2.84. The van der Waals surface area contributed by atoms with E-state index in [0.29, 0.717) is 18.2 Å². The summed E-state index contributed by atoms with van der Waals surface area (Å²) in [7, 11) is 0. The molecule has 0 radical (unpaired) electrons. The van der Waals surface area contributed by atoms with Crippen molar-refractivity contribution in [3.63, 3.8) is 0 Å². The summed E-state index contributed by atoms with van der Waals surface area (Å²) >= 11 is 0. The minimum Gasteiger partial charge on any atom is -0.398 e. The molecule has 0 aliphatic rings. The van der Waals surface area contributed by atoms with Crippen molar-refractivity contribution in [2.45, 2.75) is 39.5 Å². The minimum absolute atomic E-state index is 0.213. The second-order valence-corrected chi connectivity index (χ2v) is 4.86. The summed E-state index contributed by atoms with van der Waals surface area (Å²) in [4.78, 5) is 12.0. The highest BCUT2D eigenvalue weighted by molar-refractivity contribution is 5.99. The number of unbranched alkanes of at least 4 members (excludes halogenated alkanes) is 1. The maximum atomic E-state index is 13.1. The van der Waals surface area contributed by atoms with Crippen LogP contribution in [0.2, 0.25) is 0 Å². The van der Waals surface area contributed by atoms with Crippen LogP contribution in [0.25, 0.3) is 0 Å². The fraction of sp³-hybridized carbons (Fsp3) is 0.533. The number of hydrogen-bond acceptors (Lipinski definition) is 2. The quantitative estimate of drug-likeness (QED) is 0.743. The third-order valence-corrected chi connectivity index (χ3v) is 3.35. The van der Waals surface area contributed by atoms with Crippen LogP contribution in [0.4, 0.5) is 10.1 Å². The highest BCUT2D eigenvalue weighted by atomic mass is 19.1. The van der Waals surface area contributed by atoms with Crippen molar-refractivity contribution in [1.29, 1.82) is 0 Å². The van der Waals surface area contributed by atoms with E-state index in [4.69, 9.17) is 5.73 Å². The molecule has 1 amide bonds. The van der Waals surface area contributed by atoms with E-state index in [1.54, 1.807) is 0 Å². The fourth-order valence-electron chi connectivity index (χ4n) is 2.00. The SMILES string of the molecule is CCCCC(CC)CNC(=O)c1cc(F)ccc1N. The molecule has 3 N–H and O–H groups in total. The second-order valence-electron chi connectivity index (χ2n) is 4.86. The molecule has 0 saturated carbocycles. The predicted molar refractivity (Wildman–Crippen MR) is 76.5 cm³/mol. The summed E-state index contributed by atoms with van der Waals surface area (Å²) in [6, 6.07) is 3.85. The van der Waals surface area contributed by atoms with Crippen molar-refractivity contribution in [3.05, 3.63) is 29.6 Å². The first-order chi connectivity index (χ1) is 9.08. The molecule has 1 unspecified atom stereocenters. The van der Waals surface area contributed by atoms with Gasteiger partial charge in [0.1, 0.15) is 5.82 Å². The van der Waals surface area contributed by atoms with E-state index in [1.165, 1.54) is 18.2 Å². The third kappa shape index (κ3) is 4.89. The molecule has 0 fully saturated rings. The summed E-state index contributed by atoms with van der Waals surface area (Å²) < 4.78 is 13.1. The number of amides is 1. The Morgan fingerprint density at radius 2 is 2.16 bits per heavy atom. The van der Waals surface area contributed by atoms with Gasteiger partial charge in [-0.05, 0) is 30.5 Å². The first kappa shape index (κ1) is 15.5. The smallest absolute Gasteiger partial charge is 0.253 e. The van der Waals surface area contributed by atoms with Gasteiger partial charge >= 0.3 is 0 Å². The van der Waals surface area contributed by atoms with E-state index in [0.717, 1.165) is 25.7 Å². The van der Waals surface area contributed by atoms with Gasteiger partial charge in [0.25, 0.3) is 5.91 Å². The zero-order chi connectivity index (χ0) is 14.3. The molecule has 1 aromatic rings. The molecule has 3 nitrogen and oxygen atoms in total. The number of halogens is 1. The number of carbonyl (C=O) groups is 1. The van der Waals surface area contributed by atoms with Gasteiger partial charge in [-0.25, -0.2) is 4.39 Å². The van der Waals surface area contributed by atoms with Crippen molar-refractivity contribution in [1.82, 2.24) is 5.32 Å². The molecule has 1 atom stereocenters. The fourth-order valence-corrected chi connectivity index (χ4v) is 2.00. The topological polar surface area (TPSA) is 55.1 Å². The number of nitrogens with two attached hydrogens (primary N) is 1. The summed E-state index contributed by atoms with van der Waals surface area (Å²) in [6.07, 6.45) is 4.45. The number of nitrogen functional groups attached to an aromatic ring is 1. The highest BCUT2D eigenvalue weighted by Gasteiger charge is 2.13. The Kier molecular flexibility index (Phi) is 6.33. The predicted octanol–water partition coefficient (Wildman–Crippen LogP) is 3.35. The first-order valence-electron chi connectivity index (χ1n) is 6.91. The lowest BCUT2D eigenvalue weighted by Crippen LogP contribution is -2.29. The van der Waals surface area contributed by atoms with Gasteiger partial charge in [-0.3, -0.25) is 4.79 Å². The maximum Gasteiger partial charge on any atom is 0.253 e. The van der Waals surface area contributed by atoms with Crippen LogP contribution in [0.15, 0.2) is 18.2 Å². The number of nitrogens with one attached hydrogen (secondary N) is 1. The van der Waals surface area contributed by atoms with Gasteiger partial charge in [0, 0.05) is 12.2 Å². The molecule has 0 heterocycles. The van der Waals surface area contributed by atoms with Crippen molar-refractivity contribution in [3.8, 4) is 0 Å². The number of carbonyl (C=O) groups excluding carboxylic acids is 1. The monoisotopic (exact) mass is 266 g/mol. The van der Waals surface area contributed by atoms with E-state index in [2.05, 4.69) is 19.2 Å². The number of hydrogen-bond donors (Lipinski definition) is 2. The van der Waals surface area contributed by atoms with E-state index < -0.39 is 5.82 Å². The molecule has 1 aromatic carbocycles. The summed E-state index contributed by atoms with van der Waals surface area (Å²) in [6.45, 7) is 4.88. The number of rotatable bonds is 7.